The van der Waals surface area contributed by atoms with E-state index in [0.717, 1.165) is 30.9 Å². The molecule has 0 unspecified atom stereocenters. The Morgan fingerprint density at radius 1 is 1.56 bits per heavy atom. The van der Waals surface area contributed by atoms with Crippen LogP contribution in [0.25, 0.3) is 0 Å². The molecule has 1 saturated carbocycles. The van der Waals surface area contributed by atoms with Crippen LogP contribution in [-0.4, -0.2) is 24.5 Å². The van der Waals surface area contributed by atoms with Crippen molar-refractivity contribution in [2.75, 3.05) is 23.8 Å². The Kier molecular flexibility index (Phi) is 3.08. The topological polar surface area (TPSA) is 45.2 Å². The lowest BCUT2D eigenvalue weighted by atomic mass is 10.3. The molecule has 0 spiro atoms. The average molecular weight is 219 g/mol. The summed E-state index contributed by atoms with van der Waals surface area (Å²) in [4.78, 5) is 17.7. The second-order valence-corrected chi connectivity index (χ2v) is 4.10. The molecule has 4 nitrogen and oxygen atoms in total. The second-order valence-electron chi connectivity index (χ2n) is 4.10. The van der Waals surface area contributed by atoms with Gasteiger partial charge in [0.2, 0.25) is 5.91 Å². The number of nitrogens with zero attached hydrogens (tertiary/aromatic N) is 2. The summed E-state index contributed by atoms with van der Waals surface area (Å²) in [5, 5.41) is 3.12. The minimum atomic E-state index is 0.206. The fourth-order valence-electron chi connectivity index (χ4n) is 1.60. The minimum absolute atomic E-state index is 0.206. The van der Waals surface area contributed by atoms with E-state index in [4.69, 9.17) is 0 Å². The third-order valence-electron chi connectivity index (χ3n) is 2.75. The van der Waals surface area contributed by atoms with Crippen molar-refractivity contribution in [1.82, 2.24) is 4.98 Å². The molecule has 0 bridgehead atoms. The molecule has 0 atom stereocenters. The van der Waals surface area contributed by atoms with Crippen molar-refractivity contribution in [3.05, 3.63) is 18.3 Å². The first kappa shape index (κ1) is 10.9. The van der Waals surface area contributed by atoms with E-state index in [2.05, 4.69) is 10.3 Å². The first-order chi connectivity index (χ1) is 7.72. The zero-order chi connectivity index (χ0) is 11.5. The van der Waals surface area contributed by atoms with Crippen LogP contribution in [0.3, 0.4) is 0 Å². The first-order valence-electron chi connectivity index (χ1n) is 5.70. The van der Waals surface area contributed by atoms with Crippen LogP contribution in [-0.2, 0) is 4.79 Å². The zero-order valence-corrected chi connectivity index (χ0v) is 9.73. The number of hydrogen-bond donors (Lipinski definition) is 1. The molecular formula is C12H17N3O. The van der Waals surface area contributed by atoms with Crippen molar-refractivity contribution in [1.29, 1.82) is 0 Å². The number of carbonyl (C=O) groups is 1. The Labute approximate surface area is 95.7 Å². The van der Waals surface area contributed by atoms with Gasteiger partial charge in [0.05, 0.1) is 11.9 Å². The van der Waals surface area contributed by atoms with Crippen LogP contribution >= 0.6 is 0 Å². The third-order valence-corrected chi connectivity index (χ3v) is 2.75. The van der Waals surface area contributed by atoms with Crippen LogP contribution < -0.4 is 10.2 Å². The average Bonchev–Trinajstić information content (AvgIpc) is 3.12. The number of anilines is 2. The Morgan fingerprint density at radius 3 is 2.81 bits per heavy atom. The quantitative estimate of drug-likeness (QED) is 0.841. The van der Waals surface area contributed by atoms with Crippen molar-refractivity contribution >= 4 is 17.4 Å². The van der Waals surface area contributed by atoms with Gasteiger partial charge >= 0.3 is 0 Å². The van der Waals surface area contributed by atoms with Gasteiger partial charge < -0.3 is 10.2 Å². The molecule has 1 amide bonds. The lowest BCUT2D eigenvalue weighted by Gasteiger charge is -2.16. The summed E-state index contributed by atoms with van der Waals surface area (Å²) in [5.41, 5.74) is 0.860. The number of hydrogen-bond acceptors (Lipinski definition) is 3. The van der Waals surface area contributed by atoms with Gasteiger partial charge in [-0.2, -0.15) is 0 Å². The highest BCUT2D eigenvalue weighted by Crippen LogP contribution is 2.32. The van der Waals surface area contributed by atoms with Gasteiger partial charge in [-0.05, 0) is 31.9 Å². The summed E-state index contributed by atoms with van der Waals surface area (Å²) in [5.74, 6) is 1.30. The van der Waals surface area contributed by atoms with E-state index in [1.165, 1.54) is 0 Å². The molecule has 1 N–H and O–H groups in total. The van der Waals surface area contributed by atoms with Crippen molar-refractivity contribution in [3.8, 4) is 0 Å². The van der Waals surface area contributed by atoms with Crippen LogP contribution in [0.15, 0.2) is 18.3 Å². The minimum Gasteiger partial charge on any atom is -0.370 e. The Morgan fingerprint density at radius 2 is 2.31 bits per heavy atom. The predicted octanol–water partition coefficient (Wildman–Crippen LogP) is 1.89. The summed E-state index contributed by atoms with van der Waals surface area (Å²) >= 11 is 0. The highest BCUT2D eigenvalue weighted by molar-refractivity contribution is 5.95. The molecule has 1 heterocycles. The summed E-state index contributed by atoms with van der Waals surface area (Å²) < 4.78 is 0. The fraction of sp³-hybridized carbons (Fsp3) is 0.500. The first-order valence-corrected chi connectivity index (χ1v) is 5.70. The van der Waals surface area contributed by atoms with Gasteiger partial charge in [0.25, 0.3) is 0 Å². The highest BCUT2D eigenvalue weighted by atomic mass is 16.2. The van der Waals surface area contributed by atoms with Crippen LogP contribution in [0.1, 0.15) is 19.8 Å². The molecule has 4 heteroatoms. The van der Waals surface area contributed by atoms with Gasteiger partial charge in [0.15, 0.2) is 0 Å². The molecule has 1 fully saturated rings. The molecule has 0 aliphatic heterocycles. The normalized spacial score (nSPS) is 14.6. The lowest BCUT2D eigenvalue weighted by molar-refractivity contribution is -0.119. The molecule has 2 rings (SSSR count). The maximum absolute atomic E-state index is 11.8. The third kappa shape index (κ3) is 2.32. The Bertz CT molecular complexity index is 370. The number of aromatic nitrogens is 1. The summed E-state index contributed by atoms with van der Waals surface area (Å²) in [7, 11) is 1.81. The molecule has 0 aromatic carbocycles. The van der Waals surface area contributed by atoms with E-state index < -0.39 is 0 Å². The largest absolute Gasteiger partial charge is 0.370 e. The van der Waals surface area contributed by atoms with Crippen LogP contribution in [0.5, 0.6) is 0 Å². The van der Waals surface area contributed by atoms with Crippen molar-refractivity contribution < 1.29 is 4.79 Å². The molecule has 86 valence electrons. The Hall–Kier alpha value is -1.58. The number of rotatable bonds is 4. The van der Waals surface area contributed by atoms with Gasteiger partial charge in [-0.25, -0.2) is 4.98 Å². The van der Waals surface area contributed by atoms with E-state index in [9.17, 15) is 4.79 Å². The fourth-order valence-corrected chi connectivity index (χ4v) is 1.60. The maximum Gasteiger partial charge on any atom is 0.229 e. The number of nitrogens with one attached hydrogen (secondary N) is 1. The van der Waals surface area contributed by atoms with E-state index in [-0.39, 0.29) is 11.8 Å². The maximum atomic E-state index is 11.8. The molecule has 0 saturated heterocycles. The van der Waals surface area contributed by atoms with Crippen LogP contribution in [0.2, 0.25) is 0 Å². The van der Waals surface area contributed by atoms with Gasteiger partial charge in [-0.3, -0.25) is 4.79 Å². The zero-order valence-electron chi connectivity index (χ0n) is 9.73. The van der Waals surface area contributed by atoms with Crippen LogP contribution in [0, 0.1) is 5.92 Å². The summed E-state index contributed by atoms with van der Waals surface area (Å²) in [6.45, 7) is 2.88. The molecule has 16 heavy (non-hydrogen) atoms. The molecule has 1 aliphatic rings. The SMILES string of the molecule is CCNc1ccc(N(C)C(=O)C2CC2)cn1. The number of carbonyl (C=O) groups excluding carboxylic acids is 1. The van der Waals surface area contributed by atoms with E-state index in [1.54, 1.807) is 11.1 Å². The van der Waals surface area contributed by atoms with Gasteiger partial charge in [0, 0.05) is 19.5 Å². The summed E-state index contributed by atoms with van der Waals surface area (Å²) in [6.07, 6.45) is 3.80. The molecule has 0 radical (unpaired) electrons. The number of pyridine rings is 1. The number of amides is 1. The van der Waals surface area contributed by atoms with E-state index >= 15 is 0 Å². The molecule has 1 aliphatic carbocycles. The standard InChI is InChI=1S/C12H17N3O/c1-3-13-11-7-6-10(8-14-11)15(2)12(16)9-4-5-9/h6-9H,3-5H2,1-2H3,(H,13,14). The van der Waals surface area contributed by atoms with E-state index in [1.807, 2.05) is 26.1 Å². The summed E-state index contributed by atoms with van der Waals surface area (Å²) in [6, 6.07) is 3.82. The van der Waals surface area contributed by atoms with E-state index in [0.29, 0.717) is 0 Å². The Balaban J connectivity index is 2.05. The van der Waals surface area contributed by atoms with Gasteiger partial charge in [-0.15, -0.1) is 0 Å². The van der Waals surface area contributed by atoms with Gasteiger partial charge in [-0.1, -0.05) is 0 Å². The predicted molar refractivity (Wildman–Crippen MR) is 64.5 cm³/mol. The smallest absolute Gasteiger partial charge is 0.229 e. The van der Waals surface area contributed by atoms with Crippen molar-refractivity contribution in [2.45, 2.75) is 19.8 Å². The van der Waals surface area contributed by atoms with Gasteiger partial charge in [0.1, 0.15) is 5.82 Å². The second kappa shape index (κ2) is 4.51. The molecule has 1 aromatic rings. The lowest BCUT2D eigenvalue weighted by Crippen LogP contribution is -2.27. The molecule has 1 aromatic heterocycles. The highest BCUT2D eigenvalue weighted by Gasteiger charge is 2.32. The van der Waals surface area contributed by atoms with Crippen molar-refractivity contribution in [2.24, 2.45) is 5.92 Å². The van der Waals surface area contributed by atoms with Crippen molar-refractivity contribution in [3.63, 3.8) is 0 Å². The monoisotopic (exact) mass is 219 g/mol. The molecular weight excluding hydrogens is 202 g/mol. The van der Waals surface area contributed by atoms with Crippen LogP contribution in [0.4, 0.5) is 11.5 Å².